The van der Waals surface area contributed by atoms with Crippen molar-refractivity contribution in [3.8, 4) is 5.75 Å². The van der Waals surface area contributed by atoms with Gasteiger partial charge in [-0.3, -0.25) is 4.90 Å². The lowest BCUT2D eigenvalue weighted by molar-refractivity contribution is -0.159. The van der Waals surface area contributed by atoms with Gasteiger partial charge in [0.05, 0.1) is 0 Å². The van der Waals surface area contributed by atoms with E-state index >= 15 is 0 Å². The molecule has 1 aliphatic heterocycles. The summed E-state index contributed by atoms with van der Waals surface area (Å²) in [4.78, 5) is 25.2. The van der Waals surface area contributed by atoms with Crippen LogP contribution in [-0.4, -0.2) is 69.0 Å². The number of hydrogen-bond donors (Lipinski definition) is 4. The van der Waals surface area contributed by atoms with Gasteiger partial charge in [-0.15, -0.1) is 11.3 Å². The Morgan fingerprint density at radius 3 is 2.66 bits per heavy atom. The number of H-pyrrole nitrogens is 1. The number of aromatic amines is 1. The number of piperidine rings is 1. The van der Waals surface area contributed by atoms with Gasteiger partial charge in [-0.2, -0.15) is 0 Å². The summed E-state index contributed by atoms with van der Waals surface area (Å²) in [5.74, 6) is -2.53. The molecule has 0 bridgehead atoms. The number of β-amino-alcohol motifs (C(OH)–C–C–N with tert-alkyl or cyclic N) is 1. The first-order chi connectivity index (χ1) is 18.1. The molecule has 0 spiro atoms. The number of aliphatic hydroxyl groups excluding tert-OH is 1. The molecule has 4 N–H and O–H groups in total. The van der Waals surface area contributed by atoms with Crippen molar-refractivity contribution in [3.63, 3.8) is 0 Å². The topological polar surface area (TPSA) is 123 Å². The van der Waals surface area contributed by atoms with Gasteiger partial charge in [-0.05, 0) is 80.9 Å². The molecule has 4 aromatic rings. The molecule has 2 aromatic heterocycles. The molecular formula is C28H31FN2O6S. The molecule has 2 aromatic carbocycles. The molecule has 0 unspecified atom stereocenters. The monoisotopic (exact) mass is 542 g/mol. The first-order valence-electron chi connectivity index (χ1n) is 12.4. The smallest absolute Gasteiger partial charge is 0.414 e. The van der Waals surface area contributed by atoms with Gasteiger partial charge < -0.3 is 25.0 Å². The number of ether oxygens (including phenoxy) is 1. The number of aryl methyl sites for hydroxylation is 1. The highest BCUT2D eigenvalue weighted by molar-refractivity contribution is 7.19. The molecule has 0 radical (unpaired) electrons. The van der Waals surface area contributed by atoms with E-state index in [-0.39, 0.29) is 12.4 Å². The van der Waals surface area contributed by atoms with Crippen LogP contribution in [0.5, 0.6) is 5.75 Å². The van der Waals surface area contributed by atoms with Crippen LogP contribution in [0.1, 0.15) is 36.3 Å². The third-order valence-electron chi connectivity index (χ3n) is 6.74. The van der Waals surface area contributed by atoms with Crippen LogP contribution in [-0.2, 0) is 9.59 Å². The highest BCUT2D eigenvalue weighted by Gasteiger charge is 2.29. The van der Waals surface area contributed by atoms with Crippen molar-refractivity contribution in [1.82, 2.24) is 9.88 Å². The summed E-state index contributed by atoms with van der Waals surface area (Å²) in [6.45, 7) is 6.08. The van der Waals surface area contributed by atoms with Crippen LogP contribution in [0, 0.1) is 12.7 Å². The fraction of sp³-hybridized carbons (Fsp3) is 0.357. The van der Waals surface area contributed by atoms with E-state index in [0.29, 0.717) is 18.5 Å². The molecule has 3 atom stereocenters. The third-order valence-corrected chi connectivity index (χ3v) is 8.00. The minimum atomic E-state index is -1.82. The molecule has 1 aliphatic rings. The van der Waals surface area contributed by atoms with E-state index in [0.717, 1.165) is 51.8 Å². The number of carbonyl (C=O) groups is 2. The maximum Gasteiger partial charge on any atom is 0.414 e. The van der Waals surface area contributed by atoms with Gasteiger partial charge in [0.25, 0.3) is 0 Å². The zero-order valence-corrected chi connectivity index (χ0v) is 22.0. The van der Waals surface area contributed by atoms with Crippen LogP contribution in [0.3, 0.4) is 0 Å². The van der Waals surface area contributed by atoms with E-state index in [1.165, 1.54) is 10.9 Å². The Kier molecular flexibility index (Phi) is 8.65. The average Bonchev–Trinajstić information content (AvgIpc) is 3.46. The van der Waals surface area contributed by atoms with Crippen molar-refractivity contribution in [2.75, 3.05) is 19.7 Å². The molecule has 38 heavy (non-hydrogen) atoms. The minimum absolute atomic E-state index is 0.173. The van der Waals surface area contributed by atoms with E-state index in [4.69, 9.17) is 24.5 Å². The fourth-order valence-electron chi connectivity index (χ4n) is 4.88. The number of carboxylic acid groups (broad SMARTS) is 2. The quantitative estimate of drug-likeness (QED) is 0.253. The van der Waals surface area contributed by atoms with Crippen LogP contribution < -0.4 is 4.74 Å². The number of aliphatic hydroxyl groups is 1. The van der Waals surface area contributed by atoms with Gasteiger partial charge in [0.1, 0.15) is 24.3 Å². The summed E-state index contributed by atoms with van der Waals surface area (Å²) in [7, 11) is 0. The van der Waals surface area contributed by atoms with E-state index in [1.807, 2.05) is 31.2 Å². The van der Waals surface area contributed by atoms with Crippen molar-refractivity contribution in [1.29, 1.82) is 0 Å². The summed E-state index contributed by atoms with van der Waals surface area (Å²) in [6.07, 6.45) is 1.55. The first-order valence-corrected chi connectivity index (χ1v) is 13.2. The molecule has 1 saturated heterocycles. The van der Waals surface area contributed by atoms with E-state index < -0.39 is 18.0 Å². The molecule has 10 heteroatoms. The number of rotatable bonds is 6. The van der Waals surface area contributed by atoms with Gasteiger partial charge in [0.2, 0.25) is 0 Å². The van der Waals surface area contributed by atoms with E-state index in [2.05, 4.69) is 28.9 Å². The first kappa shape index (κ1) is 27.6. The van der Waals surface area contributed by atoms with Gasteiger partial charge in [-0.25, -0.2) is 14.0 Å². The predicted molar refractivity (Wildman–Crippen MR) is 145 cm³/mol. The second-order valence-electron chi connectivity index (χ2n) is 9.64. The van der Waals surface area contributed by atoms with Gasteiger partial charge in [-0.1, -0.05) is 12.1 Å². The number of carboxylic acids is 2. The number of benzene rings is 2. The van der Waals surface area contributed by atoms with Crippen molar-refractivity contribution in [2.45, 2.75) is 44.8 Å². The summed E-state index contributed by atoms with van der Waals surface area (Å²) in [6, 6.07) is 15.7. The summed E-state index contributed by atoms with van der Waals surface area (Å²) in [5, 5.41) is 27.6. The Bertz CT molecular complexity index is 1420. The van der Waals surface area contributed by atoms with Gasteiger partial charge in [0, 0.05) is 38.8 Å². The Hall–Kier alpha value is -3.47. The molecule has 1 fully saturated rings. The molecule has 5 rings (SSSR count). The fourth-order valence-corrected chi connectivity index (χ4v) is 6.12. The number of likely N-dealkylation sites (tertiary alicyclic amines) is 1. The number of nitrogens with zero attached hydrogens (tertiary/aromatic N) is 1. The van der Waals surface area contributed by atoms with Crippen molar-refractivity contribution >= 4 is 44.3 Å². The van der Waals surface area contributed by atoms with Crippen LogP contribution in [0.15, 0.2) is 48.5 Å². The summed E-state index contributed by atoms with van der Waals surface area (Å²) < 4.78 is 20.5. The number of halogens is 1. The lowest BCUT2D eigenvalue weighted by atomic mass is 9.90. The normalized spacial score (nSPS) is 18.6. The Labute approximate surface area is 223 Å². The molecule has 8 nitrogen and oxygen atoms in total. The van der Waals surface area contributed by atoms with Crippen LogP contribution in [0.25, 0.3) is 21.0 Å². The maximum atomic E-state index is 13.5. The molecular weight excluding hydrogens is 511 g/mol. The van der Waals surface area contributed by atoms with Crippen molar-refractivity contribution in [2.24, 2.45) is 0 Å². The van der Waals surface area contributed by atoms with Gasteiger partial charge in [0.15, 0.2) is 0 Å². The Morgan fingerprint density at radius 2 is 1.95 bits per heavy atom. The molecule has 0 aliphatic carbocycles. The second kappa shape index (κ2) is 11.9. The lowest BCUT2D eigenvalue weighted by Crippen LogP contribution is -2.45. The highest BCUT2D eigenvalue weighted by Crippen LogP contribution is 2.38. The SMILES string of the molecule is Cc1cc2c(OC[C@@H](O)CN3CC[C@@H](c4cc5ccc(F)cc5s4)C[C@@H]3C)cccc2[nH]1.O=C(O)C(=O)O. The Balaban J connectivity index is 0.000000505. The highest BCUT2D eigenvalue weighted by atomic mass is 32.1. The Morgan fingerprint density at radius 1 is 1.18 bits per heavy atom. The summed E-state index contributed by atoms with van der Waals surface area (Å²) in [5.41, 5.74) is 2.14. The summed E-state index contributed by atoms with van der Waals surface area (Å²) >= 11 is 1.71. The number of thiophene rings is 1. The van der Waals surface area contributed by atoms with Crippen LogP contribution in [0.2, 0.25) is 0 Å². The maximum absolute atomic E-state index is 13.5. The molecule has 202 valence electrons. The second-order valence-corrected chi connectivity index (χ2v) is 10.8. The molecule has 3 heterocycles. The van der Waals surface area contributed by atoms with E-state index in [1.54, 1.807) is 17.4 Å². The molecule has 0 amide bonds. The number of aromatic nitrogens is 1. The lowest BCUT2D eigenvalue weighted by Gasteiger charge is -2.38. The number of fused-ring (bicyclic) bond motifs is 2. The largest absolute Gasteiger partial charge is 0.490 e. The standard InChI is InChI=1S/C26H29FN2O2S.C2H2O4/c1-16-10-22-23(28-16)4-3-5-24(22)31-15-21(30)14-29-9-8-19(11-17(29)2)25-12-18-6-7-20(27)13-26(18)32-25;3-1(4)2(5)6/h3-7,10,12-13,17,19,21,28,30H,8-9,11,14-15H2,1-2H3;(H,3,4)(H,5,6)/t17-,19+,21-;/m0./s1. The van der Waals surface area contributed by atoms with E-state index in [9.17, 15) is 9.50 Å². The number of hydrogen-bond acceptors (Lipinski definition) is 6. The zero-order valence-electron chi connectivity index (χ0n) is 21.2. The van der Waals surface area contributed by atoms with Crippen LogP contribution >= 0.6 is 11.3 Å². The third kappa shape index (κ3) is 6.69. The predicted octanol–water partition coefficient (Wildman–Crippen LogP) is 4.99. The zero-order chi connectivity index (χ0) is 27.4. The minimum Gasteiger partial charge on any atom is -0.490 e. The average molecular weight is 543 g/mol. The number of aliphatic carboxylic acids is 2. The van der Waals surface area contributed by atoms with Gasteiger partial charge >= 0.3 is 11.9 Å². The number of nitrogens with one attached hydrogen (secondary N) is 1. The van der Waals surface area contributed by atoms with Crippen molar-refractivity contribution < 1.29 is 34.0 Å². The van der Waals surface area contributed by atoms with Crippen molar-refractivity contribution in [3.05, 3.63) is 64.9 Å². The van der Waals surface area contributed by atoms with Crippen LogP contribution in [0.4, 0.5) is 4.39 Å². The molecule has 0 saturated carbocycles.